The Hall–Kier alpha value is -1.09. The van der Waals surface area contributed by atoms with Crippen molar-refractivity contribution in [3.8, 4) is 0 Å². The highest BCUT2D eigenvalue weighted by Crippen LogP contribution is 2.17. The van der Waals surface area contributed by atoms with Crippen molar-refractivity contribution in [1.29, 1.82) is 0 Å². The summed E-state index contributed by atoms with van der Waals surface area (Å²) >= 11 is 0. The van der Waals surface area contributed by atoms with Crippen LogP contribution in [0.2, 0.25) is 0 Å². The van der Waals surface area contributed by atoms with Gasteiger partial charge in [0, 0.05) is 24.8 Å². The number of hydrogen-bond acceptors (Lipinski definition) is 3. The Morgan fingerprint density at radius 3 is 2.85 bits per heavy atom. The molecular formula is C10H15N3. The van der Waals surface area contributed by atoms with Gasteiger partial charge in [0.25, 0.3) is 0 Å². The molecular weight excluding hydrogens is 162 g/mol. The van der Waals surface area contributed by atoms with Gasteiger partial charge < -0.3 is 10.2 Å². The van der Waals surface area contributed by atoms with Crippen molar-refractivity contribution in [2.75, 3.05) is 25.0 Å². The number of hydrogen-bond donors (Lipinski definition) is 1. The van der Waals surface area contributed by atoms with Crippen molar-refractivity contribution in [2.24, 2.45) is 0 Å². The van der Waals surface area contributed by atoms with Crippen molar-refractivity contribution in [2.45, 2.75) is 13.0 Å². The maximum absolute atomic E-state index is 4.46. The van der Waals surface area contributed by atoms with Crippen LogP contribution in [0.15, 0.2) is 18.2 Å². The zero-order chi connectivity index (χ0) is 9.26. The first-order valence-corrected chi connectivity index (χ1v) is 4.65. The highest BCUT2D eigenvalue weighted by molar-refractivity contribution is 5.42. The molecule has 1 aromatic heterocycles. The van der Waals surface area contributed by atoms with E-state index in [-0.39, 0.29) is 0 Å². The summed E-state index contributed by atoms with van der Waals surface area (Å²) in [5, 5.41) is 3.25. The third-order valence-electron chi connectivity index (χ3n) is 2.49. The Kier molecular flexibility index (Phi) is 2.19. The third-order valence-corrected chi connectivity index (χ3v) is 2.49. The maximum Gasteiger partial charge on any atom is 0.128 e. The van der Waals surface area contributed by atoms with Gasteiger partial charge in [0.1, 0.15) is 5.82 Å². The number of anilines is 1. The summed E-state index contributed by atoms with van der Waals surface area (Å²) in [6.45, 7) is 4.18. The van der Waals surface area contributed by atoms with Gasteiger partial charge in [-0.05, 0) is 26.1 Å². The Morgan fingerprint density at radius 1 is 1.46 bits per heavy atom. The molecule has 0 unspecified atom stereocenters. The second-order valence-corrected chi connectivity index (χ2v) is 3.53. The first-order valence-electron chi connectivity index (χ1n) is 4.65. The largest absolute Gasteiger partial charge is 0.353 e. The molecule has 0 atom stereocenters. The van der Waals surface area contributed by atoms with Crippen molar-refractivity contribution >= 4 is 5.82 Å². The Balaban J connectivity index is 2.03. The van der Waals surface area contributed by atoms with Crippen LogP contribution in [0.1, 0.15) is 5.69 Å². The van der Waals surface area contributed by atoms with Crippen LogP contribution < -0.4 is 10.2 Å². The molecule has 2 heterocycles. The van der Waals surface area contributed by atoms with Crippen molar-refractivity contribution in [3.05, 3.63) is 23.9 Å². The summed E-state index contributed by atoms with van der Waals surface area (Å²) in [5.41, 5.74) is 1.09. The molecule has 3 heteroatoms. The van der Waals surface area contributed by atoms with E-state index in [1.807, 2.05) is 20.0 Å². The molecule has 0 amide bonds. The number of likely N-dealkylation sites (N-methyl/N-ethyl adjacent to an activating group) is 1. The lowest BCUT2D eigenvalue weighted by molar-refractivity contribution is 0.447. The quantitative estimate of drug-likeness (QED) is 0.724. The molecule has 13 heavy (non-hydrogen) atoms. The normalized spacial score (nSPS) is 17.2. The van der Waals surface area contributed by atoms with E-state index in [1.54, 1.807) is 0 Å². The van der Waals surface area contributed by atoms with E-state index in [9.17, 15) is 0 Å². The molecule has 1 aromatic rings. The molecule has 3 nitrogen and oxygen atoms in total. The molecule has 0 bridgehead atoms. The highest BCUT2D eigenvalue weighted by Gasteiger charge is 2.25. The molecule has 70 valence electrons. The number of nitrogens with zero attached hydrogens (tertiary/aromatic N) is 2. The van der Waals surface area contributed by atoms with Crippen LogP contribution in [0.3, 0.4) is 0 Å². The average molecular weight is 177 g/mol. The molecule has 0 aromatic carbocycles. The lowest BCUT2D eigenvalue weighted by Gasteiger charge is -2.40. The standard InChI is InChI=1S/C10H15N3/c1-8-4-3-5-10(12-8)13-6-9(7-13)11-2/h3-5,9,11H,6-7H2,1-2H3. The molecule has 1 aliphatic heterocycles. The number of pyridine rings is 1. The number of rotatable bonds is 2. The summed E-state index contributed by atoms with van der Waals surface area (Å²) in [6.07, 6.45) is 0. The monoisotopic (exact) mass is 177 g/mol. The molecule has 0 spiro atoms. The van der Waals surface area contributed by atoms with E-state index in [2.05, 4.69) is 27.3 Å². The average Bonchev–Trinajstić information content (AvgIpc) is 2.02. The van der Waals surface area contributed by atoms with E-state index in [1.165, 1.54) is 0 Å². The van der Waals surface area contributed by atoms with Crippen LogP contribution in [0, 0.1) is 6.92 Å². The van der Waals surface area contributed by atoms with Crippen LogP contribution in [0.4, 0.5) is 5.82 Å². The van der Waals surface area contributed by atoms with Crippen LogP contribution in [0.5, 0.6) is 0 Å². The Morgan fingerprint density at radius 2 is 2.23 bits per heavy atom. The lowest BCUT2D eigenvalue weighted by Crippen LogP contribution is -2.57. The van der Waals surface area contributed by atoms with Crippen molar-refractivity contribution in [3.63, 3.8) is 0 Å². The zero-order valence-electron chi connectivity index (χ0n) is 8.12. The van der Waals surface area contributed by atoms with E-state index < -0.39 is 0 Å². The second kappa shape index (κ2) is 3.34. The fraction of sp³-hybridized carbons (Fsp3) is 0.500. The van der Waals surface area contributed by atoms with Crippen LogP contribution in [0.25, 0.3) is 0 Å². The second-order valence-electron chi connectivity index (χ2n) is 3.53. The van der Waals surface area contributed by atoms with E-state index in [0.29, 0.717) is 6.04 Å². The first-order chi connectivity index (χ1) is 6.29. The van der Waals surface area contributed by atoms with E-state index in [4.69, 9.17) is 0 Å². The summed E-state index contributed by atoms with van der Waals surface area (Å²) in [7, 11) is 2.01. The minimum absolute atomic E-state index is 0.641. The van der Waals surface area contributed by atoms with Gasteiger partial charge in [-0.3, -0.25) is 0 Å². The van der Waals surface area contributed by atoms with Gasteiger partial charge in [-0.15, -0.1) is 0 Å². The number of nitrogens with one attached hydrogen (secondary N) is 1. The summed E-state index contributed by atoms with van der Waals surface area (Å²) < 4.78 is 0. The lowest BCUT2D eigenvalue weighted by atomic mass is 10.1. The van der Waals surface area contributed by atoms with E-state index >= 15 is 0 Å². The highest BCUT2D eigenvalue weighted by atomic mass is 15.3. The molecule has 2 rings (SSSR count). The summed E-state index contributed by atoms with van der Waals surface area (Å²) in [6, 6.07) is 6.80. The smallest absolute Gasteiger partial charge is 0.128 e. The number of aryl methyl sites for hydroxylation is 1. The van der Waals surface area contributed by atoms with Crippen LogP contribution >= 0.6 is 0 Å². The van der Waals surface area contributed by atoms with Gasteiger partial charge in [-0.2, -0.15) is 0 Å². The third kappa shape index (κ3) is 1.65. The summed E-state index contributed by atoms with van der Waals surface area (Å²) in [5.74, 6) is 1.10. The SMILES string of the molecule is CNC1CN(c2cccc(C)n2)C1. The Bertz CT molecular complexity index is 292. The zero-order valence-corrected chi connectivity index (χ0v) is 8.12. The van der Waals surface area contributed by atoms with Gasteiger partial charge in [-0.1, -0.05) is 6.07 Å². The van der Waals surface area contributed by atoms with Gasteiger partial charge in [0.2, 0.25) is 0 Å². The maximum atomic E-state index is 4.46. The molecule has 1 aliphatic rings. The van der Waals surface area contributed by atoms with Crippen LogP contribution in [-0.2, 0) is 0 Å². The van der Waals surface area contributed by atoms with Crippen molar-refractivity contribution in [1.82, 2.24) is 10.3 Å². The molecule has 0 radical (unpaired) electrons. The molecule has 0 aliphatic carbocycles. The minimum atomic E-state index is 0.641. The molecule has 1 N–H and O–H groups in total. The molecule has 0 saturated carbocycles. The van der Waals surface area contributed by atoms with Gasteiger partial charge in [0.15, 0.2) is 0 Å². The predicted octanol–water partition coefficient (Wildman–Crippen LogP) is 0.798. The van der Waals surface area contributed by atoms with Crippen LogP contribution in [-0.4, -0.2) is 31.2 Å². The summed E-state index contributed by atoms with van der Waals surface area (Å²) in [4.78, 5) is 6.75. The Labute approximate surface area is 78.8 Å². The number of aromatic nitrogens is 1. The van der Waals surface area contributed by atoms with E-state index in [0.717, 1.165) is 24.6 Å². The van der Waals surface area contributed by atoms with Gasteiger partial charge in [0.05, 0.1) is 0 Å². The molecule has 1 saturated heterocycles. The van der Waals surface area contributed by atoms with Gasteiger partial charge >= 0.3 is 0 Å². The van der Waals surface area contributed by atoms with Gasteiger partial charge in [-0.25, -0.2) is 4.98 Å². The fourth-order valence-electron chi connectivity index (χ4n) is 1.55. The fourth-order valence-corrected chi connectivity index (χ4v) is 1.55. The topological polar surface area (TPSA) is 28.2 Å². The predicted molar refractivity (Wildman–Crippen MR) is 54.0 cm³/mol. The first kappa shape index (κ1) is 8.51. The van der Waals surface area contributed by atoms with Crippen molar-refractivity contribution < 1.29 is 0 Å². The molecule has 1 fully saturated rings. The minimum Gasteiger partial charge on any atom is -0.353 e.